The van der Waals surface area contributed by atoms with E-state index in [1.165, 1.54) is 6.42 Å². The van der Waals surface area contributed by atoms with Crippen molar-refractivity contribution in [2.75, 3.05) is 32.8 Å². The smallest absolute Gasteiger partial charge is 0.253 e. The molecular weight excluding hydrogens is 424 g/mol. The van der Waals surface area contributed by atoms with E-state index >= 15 is 0 Å². The molecule has 0 bridgehead atoms. The Balaban J connectivity index is 1.45. The molecule has 2 aromatic rings. The van der Waals surface area contributed by atoms with Gasteiger partial charge < -0.3 is 14.5 Å². The second-order valence-electron chi connectivity index (χ2n) is 9.02. The summed E-state index contributed by atoms with van der Waals surface area (Å²) in [4.78, 5) is 30.0. The molecule has 0 spiro atoms. The molecule has 2 aliphatic heterocycles. The van der Waals surface area contributed by atoms with Gasteiger partial charge in [-0.15, -0.1) is 0 Å². The van der Waals surface area contributed by atoms with Crippen LogP contribution in [0.5, 0.6) is 5.75 Å². The number of hydrogen-bond donors (Lipinski definition) is 0. The molecule has 2 saturated heterocycles. The zero-order valence-corrected chi connectivity index (χ0v) is 19.2. The number of carbonyl (C=O) groups excluding carboxylic acids is 2. The molecule has 0 saturated carbocycles. The van der Waals surface area contributed by atoms with E-state index in [0.717, 1.165) is 38.8 Å². The molecule has 0 radical (unpaired) electrons. The number of hydrogen-bond acceptors (Lipinski definition) is 3. The minimum Gasteiger partial charge on any atom is -0.493 e. The maximum absolute atomic E-state index is 13.1. The molecule has 32 heavy (non-hydrogen) atoms. The van der Waals surface area contributed by atoms with Gasteiger partial charge in [0.1, 0.15) is 5.75 Å². The lowest BCUT2D eigenvalue weighted by Crippen LogP contribution is -2.48. The van der Waals surface area contributed by atoms with Gasteiger partial charge in [-0.05, 0) is 62.4 Å². The second kappa shape index (κ2) is 10.4. The third-order valence-electron chi connectivity index (χ3n) is 6.71. The van der Waals surface area contributed by atoms with E-state index in [1.54, 1.807) is 6.07 Å². The zero-order chi connectivity index (χ0) is 22.4. The van der Waals surface area contributed by atoms with E-state index in [4.69, 9.17) is 16.3 Å². The largest absolute Gasteiger partial charge is 0.493 e. The summed E-state index contributed by atoms with van der Waals surface area (Å²) >= 11 is 6.11. The number of amides is 2. The quantitative estimate of drug-likeness (QED) is 0.614. The molecule has 0 N–H and O–H groups in total. The van der Waals surface area contributed by atoms with Crippen LogP contribution in [-0.2, 0) is 4.79 Å². The minimum atomic E-state index is -0.287. The summed E-state index contributed by atoms with van der Waals surface area (Å²) in [6.45, 7) is 3.39. The van der Waals surface area contributed by atoms with Gasteiger partial charge in [0, 0.05) is 48.6 Å². The Bertz CT molecular complexity index is 920. The van der Waals surface area contributed by atoms with Crippen LogP contribution in [0.3, 0.4) is 0 Å². The first-order valence-electron chi connectivity index (χ1n) is 11.6. The SMILES string of the molecule is O=C(CC1(COc2cccc(Cl)c2)CCN(C(=O)c2ccccc2)CC1)N1CCCCC1. The number of halogens is 1. The predicted octanol–water partition coefficient (Wildman–Crippen LogP) is 5.04. The Hall–Kier alpha value is -2.53. The van der Waals surface area contributed by atoms with Crippen molar-refractivity contribution < 1.29 is 14.3 Å². The molecule has 2 amide bonds. The van der Waals surface area contributed by atoms with Crippen molar-refractivity contribution in [2.45, 2.75) is 38.5 Å². The fraction of sp³-hybridized carbons (Fsp3) is 0.462. The highest BCUT2D eigenvalue weighted by Gasteiger charge is 2.40. The molecule has 2 fully saturated rings. The number of ether oxygens (including phenoxy) is 1. The third kappa shape index (κ3) is 5.63. The van der Waals surface area contributed by atoms with Gasteiger partial charge >= 0.3 is 0 Å². The van der Waals surface area contributed by atoms with Crippen LogP contribution < -0.4 is 4.74 Å². The number of likely N-dealkylation sites (tertiary alicyclic amines) is 2. The van der Waals surface area contributed by atoms with Crippen molar-refractivity contribution in [1.29, 1.82) is 0 Å². The highest BCUT2D eigenvalue weighted by Crippen LogP contribution is 2.37. The maximum atomic E-state index is 13.1. The van der Waals surface area contributed by atoms with Gasteiger partial charge in [0.05, 0.1) is 6.61 Å². The van der Waals surface area contributed by atoms with Crippen LogP contribution in [0, 0.1) is 5.41 Å². The van der Waals surface area contributed by atoms with E-state index in [0.29, 0.717) is 42.5 Å². The second-order valence-corrected chi connectivity index (χ2v) is 9.46. The highest BCUT2D eigenvalue weighted by atomic mass is 35.5. The van der Waals surface area contributed by atoms with Gasteiger partial charge in [0.15, 0.2) is 0 Å². The van der Waals surface area contributed by atoms with E-state index in [1.807, 2.05) is 58.3 Å². The molecule has 6 heteroatoms. The summed E-state index contributed by atoms with van der Waals surface area (Å²) in [5.74, 6) is 0.977. The summed E-state index contributed by atoms with van der Waals surface area (Å²) < 4.78 is 6.14. The van der Waals surface area contributed by atoms with Crippen LogP contribution in [-0.4, -0.2) is 54.4 Å². The monoisotopic (exact) mass is 454 g/mol. The van der Waals surface area contributed by atoms with Crippen molar-refractivity contribution in [1.82, 2.24) is 9.80 Å². The predicted molar refractivity (Wildman–Crippen MR) is 126 cm³/mol. The molecule has 4 rings (SSSR count). The van der Waals surface area contributed by atoms with E-state index in [2.05, 4.69) is 0 Å². The van der Waals surface area contributed by atoms with Crippen LogP contribution in [0.1, 0.15) is 48.9 Å². The lowest BCUT2D eigenvalue weighted by atomic mass is 9.75. The molecule has 2 aromatic carbocycles. The Morgan fingerprint density at radius 3 is 2.28 bits per heavy atom. The average molecular weight is 455 g/mol. The number of benzene rings is 2. The molecule has 2 aliphatic rings. The van der Waals surface area contributed by atoms with Gasteiger partial charge in [0.25, 0.3) is 5.91 Å². The Kier molecular flexibility index (Phi) is 7.36. The van der Waals surface area contributed by atoms with Crippen LogP contribution >= 0.6 is 11.6 Å². The number of nitrogens with zero attached hydrogens (tertiary/aromatic N) is 2. The Morgan fingerprint density at radius 2 is 1.59 bits per heavy atom. The molecule has 2 heterocycles. The minimum absolute atomic E-state index is 0.0531. The van der Waals surface area contributed by atoms with Crippen LogP contribution in [0.4, 0.5) is 0 Å². The molecule has 5 nitrogen and oxygen atoms in total. The number of rotatable bonds is 6. The van der Waals surface area contributed by atoms with Crippen molar-refractivity contribution in [3.63, 3.8) is 0 Å². The van der Waals surface area contributed by atoms with Crippen LogP contribution in [0.15, 0.2) is 54.6 Å². The van der Waals surface area contributed by atoms with Gasteiger partial charge in [0.2, 0.25) is 5.91 Å². The van der Waals surface area contributed by atoms with Crippen molar-refractivity contribution in [3.8, 4) is 5.75 Å². The lowest BCUT2D eigenvalue weighted by molar-refractivity contribution is -0.136. The van der Waals surface area contributed by atoms with Gasteiger partial charge in [-0.25, -0.2) is 0 Å². The molecule has 0 aliphatic carbocycles. The fourth-order valence-corrected chi connectivity index (χ4v) is 4.87. The van der Waals surface area contributed by atoms with E-state index in [-0.39, 0.29) is 17.2 Å². The Labute approximate surface area is 195 Å². The van der Waals surface area contributed by atoms with Gasteiger partial charge in [-0.2, -0.15) is 0 Å². The molecule has 0 aromatic heterocycles. The first kappa shape index (κ1) is 22.7. The summed E-state index contributed by atoms with van der Waals surface area (Å²) in [7, 11) is 0. The summed E-state index contributed by atoms with van der Waals surface area (Å²) in [5, 5.41) is 0.629. The first-order chi connectivity index (χ1) is 15.5. The average Bonchev–Trinajstić information content (AvgIpc) is 2.84. The standard InChI is InChI=1S/C26H31ClN2O3/c27-22-10-7-11-23(18-22)32-20-26(19-24(30)28-14-5-2-6-15-28)12-16-29(17-13-26)25(31)21-8-3-1-4-9-21/h1,3-4,7-11,18H,2,5-6,12-17,19-20H2. The number of carbonyl (C=O) groups is 2. The number of piperidine rings is 2. The third-order valence-corrected chi connectivity index (χ3v) is 6.94. The van der Waals surface area contributed by atoms with Gasteiger partial charge in [-0.1, -0.05) is 35.9 Å². The molecule has 0 unspecified atom stereocenters. The first-order valence-corrected chi connectivity index (χ1v) is 11.9. The topological polar surface area (TPSA) is 49.9 Å². The van der Waals surface area contributed by atoms with E-state index < -0.39 is 0 Å². The van der Waals surface area contributed by atoms with Crippen LogP contribution in [0.2, 0.25) is 5.02 Å². The summed E-state index contributed by atoms with van der Waals surface area (Å²) in [6.07, 6.45) is 5.30. The van der Waals surface area contributed by atoms with Crippen LogP contribution in [0.25, 0.3) is 0 Å². The molecule has 0 atom stereocenters. The maximum Gasteiger partial charge on any atom is 0.253 e. The van der Waals surface area contributed by atoms with Crippen molar-refractivity contribution in [3.05, 3.63) is 65.2 Å². The molecule has 170 valence electrons. The molecular formula is C26H31ClN2O3. The normalized spacial score (nSPS) is 18.3. The zero-order valence-electron chi connectivity index (χ0n) is 18.5. The highest BCUT2D eigenvalue weighted by molar-refractivity contribution is 6.30. The lowest BCUT2D eigenvalue weighted by Gasteiger charge is -2.42. The Morgan fingerprint density at radius 1 is 0.875 bits per heavy atom. The van der Waals surface area contributed by atoms with E-state index in [9.17, 15) is 9.59 Å². The summed E-state index contributed by atoms with van der Waals surface area (Å²) in [5.41, 5.74) is 0.421. The van der Waals surface area contributed by atoms with Crippen molar-refractivity contribution in [2.24, 2.45) is 5.41 Å². The van der Waals surface area contributed by atoms with Gasteiger partial charge in [-0.3, -0.25) is 9.59 Å². The fourth-order valence-electron chi connectivity index (χ4n) is 4.69. The summed E-state index contributed by atoms with van der Waals surface area (Å²) in [6, 6.07) is 16.8. The van der Waals surface area contributed by atoms with Crippen molar-refractivity contribution >= 4 is 23.4 Å².